The van der Waals surface area contributed by atoms with Crippen LogP contribution in [0.15, 0.2) is 24.3 Å². The van der Waals surface area contributed by atoms with Crippen LogP contribution in [-0.2, 0) is 4.79 Å². The molecule has 0 atom stereocenters. The highest BCUT2D eigenvalue weighted by molar-refractivity contribution is 14.1. The van der Waals surface area contributed by atoms with Crippen molar-refractivity contribution < 1.29 is 14.6 Å². The molecule has 0 saturated carbocycles. The lowest BCUT2D eigenvalue weighted by molar-refractivity contribution is -0.147. The highest BCUT2D eigenvalue weighted by Gasteiger charge is 2.26. The zero-order valence-corrected chi connectivity index (χ0v) is 11.5. The minimum Gasteiger partial charge on any atom is -0.494 e. The summed E-state index contributed by atoms with van der Waals surface area (Å²) < 4.78 is 6.63. The molecular weight excluding hydrogens is 319 g/mol. The van der Waals surface area contributed by atoms with Crippen molar-refractivity contribution in [1.29, 1.82) is 0 Å². The molecule has 3 nitrogen and oxygen atoms in total. The van der Waals surface area contributed by atoms with Crippen LogP contribution in [0.3, 0.4) is 0 Å². The number of benzene rings is 1. The van der Waals surface area contributed by atoms with E-state index in [0.717, 1.165) is 9.32 Å². The molecule has 0 bridgehead atoms. The van der Waals surface area contributed by atoms with Crippen molar-refractivity contribution in [3.05, 3.63) is 27.8 Å². The van der Waals surface area contributed by atoms with Gasteiger partial charge in [-0.2, -0.15) is 0 Å². The molecule has 0 aromatic heterocycles. The molecule has 88 valence electrons. The van der Waals surface area contributed by atoms with E-state index in [1.165, 1.54) is 0 Å². The summed E-state index contributed by atoms with van der Waals surface area (Å²) in [6, 6.07) is 7.68. The van der Waals surface area contributed by atoms with Crippen molar-refractivity contribution in [1.82, 2.24) is 0 Å². The molecule has 0 amide bonds. The van der Waals surface area contributed by atoms with E-state index in [-0.39, 0.29) is 0 Å². The molecule has 0 radical (unpaired) electrons. The van der Waals surface area contributed by atoms with Gasteiger partial charge in [0.1, 0.15) is 5.75 Å². The summed E-state index contributed by atoms with van der Waals surface area (Å²) in [5, 5.41) is 8.92. The molecule has 1 aromatic carbocycles. The Bertz CT molecular complexity index is 357. The maximum Gasteiger partial charge on any atom is 0.309 e. The second kappa shape index (κ2) is 5.52. The first-order valence-electron chi connectivity index (χ1n) is 5.03. The molecule has 4 heteroatoms. The molecule has 0 unspecified atom stereocenters. The van der Waals surface area contributed by atoms with E-state index in [0.29, 0.717) is 13.0 Å². The van der Waals surface area contributed by atoms with Crippen LogP contribution in [0.4, 0.5) is 0 Å². The normalized spacial score (nSPS) is 11.2. The molecule has 0 aliphatic heterocycles. The van der Waals surface area contributed by atoms with E-state index < -0.39 is 11.4 Å². The van der Waals surface area contributed by atoms with Gasteiger partial charge in [0, 0.05) is 3.57 Å². The lowest BCUT2D eigenvalue weighted by atomic mass is 9.90. The minimum absolute atomic E-state index is 0.417. The minimum atomic E-state index is -0.793. The predicted octanol–water partition coefficient (Wildman–Crippen LogP) is 3.17. The van der Waals surface area contributed by atoms with Crippen LogP contribution in [0.2, 0.25) is 0 Å². The Morgan fingerprint density at radius 2 is 1.94 bits per heavy atom. The molecule has 0 spiro atoms. The van der Waals surface area contributed by atoms with Crippen LogP contribution < -0.4 is 4.74 Å². The zero-order chi connectivity index (χ0) is 12.2. The molecule has 1 rings (SSSR count). The number of ether oxygens (including phenoxy) is 1. The lowest BCUT2D eigenvalue weighted by Crippen LogP contribution is -2.25. The summed E-state index contributed by atoms with van der Waals surface area (Å²) in [6.45, 7) is 3.82. The Labute approximate surface area is 109 Å². The Balaban J connectivity index is 2.41. The molecule has 1 N–H and O–H groups in total. The molecule has 1 aromatic rings. The van der Waals surface area contributed by atoms with Gasteiger partial charge in [-0.3, -0.25) is 4.79 Å². The number of halogens is 1. The second-order valence-electron chi connectivity index (χ2n) is 4.24. The fourth-order valence-electron chi connectivity index (χ4n) is 1.06. The number of hydrogen-bond acceptors (Lipinski definition) is 2. The third-order valence-electron chi connectivity index (χ3n) is 2.39. The summed E-state index contributed by atoms with van der Waals surface area (Å²) in [7, 11) is 0. The molecule has 0 fully saturated rings. The first-order valence-corrected chi connectivity index (χ1v) is 6.11. The van der Waals surface area contributed by atoms with Gasteiger partial charge in [0.2, 0.25) is 0 Å². The average molecular weight is 334 g/mol. The van der Waals surface area contributed by atoms with Crippen molar-refractivity contribution in [2.45, 2.75) is 20.3 Å². The van der Waals surface area contributed by atoms with E-state index in [1.54, 1.807) is 13.8 Å². The van der Waals surface area contributed by atoms with Crippen LogP contribution in [0.1, 0.15) is 20.3 Å². The van der Waals surface area contributed by atoms with E-state index >= 15 is 0 Å². The summed E-state index contributed by atoms with van der Waals surface area (Å²) in [5.74, 6) is -0.0136. The van der Waals surface area contributed by atoms with Crippen molar-refractivity contribution >= 4 is 28.6 Å². The first-order chi connectivity index (χ1) is 7.42. The number of carbonyl (C=O) groups is 1. The van der Waals surface area contributed by atoms with Gasteiger partial charge in [-0.05, 0) is 67.1 Å². The summed E-state index contributed by atoms with van der Waals surface area (Å²) in [4.78, 5) is 10.9. The van der Waals surface area contributed by atoms with Crippen LogP contribution in [0.25, 0.3) is 0 Å². The standard InChI is InChI=1S/C12H15IO3/c1-12(2,11(14)15)7-8-16-10-5-3-9(13)4-6-10/h3-6H,7-8H2,1-2H3,(H,14,15). The van der Waals surface area contributed by atoms with Gasteiger partial charge >= 0.3 is 5.97 Å². The summed E-state index contributed by atoms with van der Waals surface area (Å²) in [5.41, 5.74) is -0.733. The SMILES string of the molecule is CC(C)(CCOc1ccc(I)cc1)C(=O)O. The number of carboxylic acids is 1. The van der Waals surface area contributed by atoms with Gasteiger partial charge in [0.25, 0.3) is 0 Å². The smallest absolute Gasteiger partial charge is 0.309 e. The Hall–Kier alpha value is -0.780. The van der Waals surface area contributed by atoms with E-state index in [1.807, 2.05) is 24.3 Å². The number of hydrogen-bond donors (Lipinski definition) is 1. The van der Waals surface area contributed by atoms with E-state index in [4.69, 9.17) is 9.84 Å². The molecular formula is C12H15IO3. The Morgan fingerprint density at radius 3 is 2.44 bits per heavy atom. The van der Waals surface area contributed by atoms with Gasteiger partial charge in [0.15, 0.2) is 0 Å². The lowest BCUT2D eigenvalue weighted by Gasteiger charge is -2.18. The topological polar surface area (TPSA) is 46.5 Å². The van der Waals surface area contributed by atoms with Crippen molar-refractivity contribution in [2.24, 2.45) is 5.41 Å². The number of aliphatic carboxylic acids is 1. The largest absolute Gasteiger partial charge is 0.494 e. The van der Waals surface area contributed by atoms with Gasteiger partial charge < -0.3 is 9.84 Å². The molecule has 0 aliphatic carbocycles. The second-order valence-corrected chi connectivity index (χ2v) is 5.49. The third kappa shape index (κ3) is 4.00. The van der Waals surface area contributed by atoms with Crippen LogP contribution in [-0.4, -0.2) is 17.7 Å². The van der Waals surface area contributed by atoms with Gasteiger partial charge in [-0.25, -0.2) is 0 Å². The van der Waals surface area contributed by atoms with Gasteiger partial charge in [-0.15, -0.1) is 0 Å². The highest BCUT2D eigenvalue weighted by atomic mass is 127. The summed E-state index contributed by atoms with van der Waals surface area (Å²) in [6.07, 6.45) is 0.494. The molecule has 0 saturated heterocycles. The monoisotopic (exact) mass is 334 g/mol. The first kappa shape index (κ1) is 13.3. The Kier molecular flexibility index (Phi) is 4.58. The van der Waals surface area contributed by atoms with Crippen molar-refractivity contribution in [2.75, 3.05) is 6.61 Å². The highest BCUT2D eigenvalue weighted by Crippen LogP contribution is 2.21. The van der Waals surface area contributed by atoms with Crippen LogP contribution in [0.5, 0.6) is 5.75 Å². The maximum atomic E-state index is 10.9. The fraction of sp³-hybridized carbons (Fsp3) is 0.417. The van der Waals surface area contributed by atoms with E-state index in [9.17, 15) is 4.79 Å². The summed E-state index contributed by atoms with van der Waals surface area (Å²) >= 11 is 2.22. The molecule has 0 heterocycles. The maximum absolute atomic E-state index is 10.9. The van der Waals surface area contributed by atoms with E-state index in [2.05, 4.69) is 22.6 Å². The zero-order valence-electron chi connectivity index (χ0n) is 9.37. The molecule has 0 aliphatic rings. The Morgan fingerprint density at radius 1 is 1.38 bits per heavy atom. The number of carboxylic acid groups (broad SMARTS) is 1. The van der Waals surface area contributed by atoms with Crippen molar-refractivity contribution in [3.63, 3.8) is 0 Å². The third-order valence-corrected chi connectivity index (χ3v) is 3.11. The van der Waals surface area contributed by atoms with Gasteiger partial charge in [0.05, 0.1) is 12.0 Å². The van der Waals surface area contributed by atoms with Gasteiger partial charge in [-0.1, -0.05) is 0 Å². The van der Waals surface area contributed by atoms with Crippen LogP contribution in [0, 0.1) is 8.99 Å². The predicted molar refractivity (Wildman–Crippen MR) is 70.7 cm³/mol. The number of rotatable bonds is 5. The van der Waals surface area contributed by atoms with Crippen LogP contribution >= 0.6 is 22.6 Å². The van der Waals surface area contributed by atoms with Crippen molar-refractivity contribution in [3.8, 4) is 5.75 Å². The quantitative estimate of drug-likeness (QED) is 0.842. The fourth-order valence-corrected chi connectivity index (χ4v) is 1.42. The molecule has 16 heavy (non-hydrogen) atoms. The average Bonchev–Trinajstić information content (AvgIpc) is 2.20.